The molecule has 0 spiro atoms. The number of sulfone groups is 1. The molecule has 2 aliphatic rings. The Kier molecular flexibility index (Phi) is 13.0. The van der Waals surface area contributed by atoms with Crippen molar-refractivity contribution in [2.45, 2.75) is 38.6 Å². The number of piperazine rings is 1. The zero-order valence-electron chi connectivity index (χ0n) is 36.7. The smallest absolute Gasteiger partial charge is 0.258 e. The summed E-state index contributed by atoms with van der Waals surface area (Å²) in [5.74, 6) is -2.23. The SMILES string of the molecule is C=C(CN(Cc1nc2c(F)c(Cl)ccc2[nH]1)c1nc(N2CCN(C)CC2)nc2c(Br)cnn12)S(=O)(=O)CCCOc1c(N)ncnc1-c1cc(F)cc(NC(=O)c2ccc(C3CC3)cc2F)c1C. The highest BCUT2D eigenvalue weighted by Gasteiger charge is 2.29. The number of fused-ring (bicyclic) bond motifs is 2. The van der Waals surface area contributed by atoms with Gasteiger partial charge in [-0.25, -0.2) is 36.5 Å². The molecule has 1 aliphatic carbocycles. The van der Waals surface area contributed by atoms with E-state index in [0.29, 0.717) is 40.2 Å². The molecule has 354 valence electrons. The number of carbonyl (C=O) groups excluding carboxylic acids is 1. The maximum absolute atomic E-state index is 15.3. The van der Waals surface area contributed by atoms with Crippen molar-refractivity contribution >= 4 is 83.4 Å². The molecule has 3 aromatic carbocycles. The Morgan fingerprint density at radius 1 is 1.07 bits per heavy atom. The molecule has 7 aromatic rings. The summed E-state index contributed by atoms with van der Waals surface area (Å²) >= 11 is 9.60. The summed E-state index contributed by atoms with van der Waals surface area (Å²) in [5.41, 5.74) is 8.43. The van der Waals surface area contributed by atoms with Crippen LogP contribution in [0.5, 0.6) is 5.75 Å². The number of rotatable bonds is 16. The molecule has 23 heteroatoms. The number of nitrogens with zero attached hydrogens (tertiary/aromatic N) is 10. The fourth-order valence-electron chi connectivity index (χ4n) is 7.93. The molecule has 68 heavy (non-hydrogen) atoms. The zero-order chi connectivity index (χ0) is 48.0. The molecule has 4 N–H and O–H groups in total. The van der Waals surface area contributed by atoms with E-state index in [2.05, 4.69) is 57.8 Å². The van der Waals surface area contributed by atoms with Crippen LogP contribution in [0.2, 0.25) is 5.02 Å². The van der Waals surface area contributed by atoms with Crippen LogP contribution in [-0.4, -0.2) is 111 Å². The van der Waals surface area contributed by atoms with Gasteiger partial charge >= 0.3 is 0 Å². The molecule has 1 amide bonds. The minimum Gasteiger partial charge on any atom is -0.488 e. The van der Waals surface area contributed by atoms with Gasteiger partial charge in [-0.2, -0.15) is 19.6 Å². The topological polar surface area (TPSA) is 206 Å². The van der Waals surface area contributed by atoms with Gasteiger partial charge in [0.1, 0.15) is 35.0 Å². The number of aromatic nitrogens is 8. The first-order chi connectivity index (χ1) is 32.5. The van der Waals surface area contributed by atoms with Crippen molar-refractivity contribution in [3.8, 4) is 17.0 Å². The molecular formula is C45H44BrClF3N13O4S. The Labute approximate surface area is 401 Å². The number of hydrogen-bond acceptors (Lipinski definition) is 14. The average molecular weight is 1040 g/mol. The van der Waals surface area contributed by atoms with E-state index < -0.39 is 38.9 Å². The van der Waals surface area contributed by atoms with E-state index in [0.717, 1.165) is 43.9 Å². The van der Waals surface area contributed by atoms with E-state index in [9.17, 15) is 13.2 Å². The number of nitrogens with two attached hydrogens (primary N) is 1. The predicted molar refractivity (Wildman–Crippen MR) is 256 cm³/mol. The standard InChI is InChI=1S/C45H44BrClF3N13O4S/c1-24(21-62(22-36-55-34-10-9-32(47)37(50)39(34)57-36)45-59-44(61-13-11-60(3)12-14-61)58-42-31(46)20-54-63(42)45)68(65,66)16-4-15-67-40-38(52-23-53-41(40)51)30-18-28(48)19-35(25(30)2)56-43(64)29-8-7-27(17-33(29)49)26-5-6-26/h7-10,17-20,23,26H,1,4-6,11-16,21-22H2,2-3H3,(H,55,57)(H,56,64)(H2,51,52,53). The molecule has 2 fully saturated rings. The van der Waals surface area contributed by atoms with Crippen LogP contribution in [0.15, 0.2) is 70.9 Å². The summed E-state index contributed by atoms with van der Waals surface area (Å²) in [4.78, 5) is 44.5. The van der Waals surface area contributed by atoms with Crippen molar-refractivity contribution in [1.29, 1.82) is 0 Å². The monoisotopic (exact) mass is 1030 g/mol. The maximum atomic E-state index is 15.3. The number of imidazole rings is 1. The van der Waals surface area contributed by atoms with Crippen molar-refractivity contribution in [3.05, 3.63) is 116 Å². The Hall–Kier alpha value is -6.36. The van der Waals surface area contributed by atoms with Crippen LogP contribution >= 0.6 is 27.5 Å². The number of likely N-dealkylation sites (N-methyl/N-ethyl adjacent to an activating group) is 1. The van der Waals surface area contributed by atoms with Crippen molar-refractivity contribution in [1.82, 2.24) is 44.4 Å². The number of nitrogen functional groups attached to an aromatic ring is 1. The molecule has 0 atom stereocenters. The molecule has 17 nitrogen and oxygen atoms in total. The number of ether oxygens (including phenoxy) is 1. The third kappa shape index (κ3) is 9.67. The lowest BCUT2D eigenvalue weighted by Crippen LogP contribution is -2.45. The van der Waals surface area contributed by atoms with Gasteiger partial charge in [0, 0.05) is 37.4 Å². The number of anilines is 4. The largest absolute Gasteiger partial charge is 0.488 e. The molecule has 1 aliphatic heterocycles. The lowest BCUT2D eigenvalue weighted by atomic mass is 10.0. The maximum Gasteiger partial charge on any atom is 0.258 e. The molecule has 1 saturated carbocycles. The van der Waals surface area contributed by atoms with Crippen molar-refractivity contribution in [3.63, 3.8) is 0 Å². The number of H-pyrrole nitrogens is 1. The molecule has 0 unspecified atom stereocenters. The molecule has 9 rings (SSSR count). The van der Waals surface area contributed by atoms with Gasteiger partial charge in [-0.05, 0) is 103 Å². The Bertz CT molecular complexity index is 3240. The summed E-state index contributed by atoms with van der Waals surface area (Å²) in [6, 6.07) is 9.79. The highest BCUT2D eigenvalue weighted by Crippen LogP contribution is 2.41. The molecule has 5 heterocycles. The Balaban J connectivity index is 0.933. The summed E-state index contributed by atoms with van der Waals surface area (Å²) in [5, 5.41) is 7.01. The number of amides is 1. The molecular weight excluding hydrogens is 991 g/mol. The van der Waals surface area contributed by atoms with Crippen molar-refractivity contribution < 1.29 is 31.1 Å². The van der Waals surface area contributed by atoms with Gasteiger partial charge in [-0.15, -0.1) is 0 Å². The first-order valence-corrected chi connectivity index (χ1v) is 24.3. The van der Waals surface area contributed by atoms with E-state index >= 15 is 13.2 Å². The van der Waals surface area contributed by atoms with Crippen LogP contribution in [0.3, 0.4) is 0 Å². The summed E-state index contributed by atoms with van der Waals surface area (Å²) in [6.45, 7) is 7.89. The highest BCUT2D eigenvalue weighted by molar-refractivity contribution is 9.10. The van der Waals surface area contributed by atoms with E-state index in [1.54, 1.807) is 30.2 Å². The van der Waals surface area contributed by atoms with Gasteiger partial charge in [0.25, 0.3) is 5.91 Å². The predicted octanol–water partition coefficient (Wildman–Crippen LogP) is 7.47. The van der Waals surface area contributed by atoms with Gasteiger partial charge in [-0.3, -0.25) is 4.79 Å². The number of halogens is 5. The number of hydrogen-bond donors (Lipinski definition) is 3. The van der Waals surface area contributed by atoms with Crippen molar-refractivity contribution in [2.24, 2.45) is 0 Å². The third-order valence-corrected chi connectivity index (χ3v) is 14.6. The lowest BCUT2D eigenvalue weighted by Gasteiger charge is -2.33. The molecule has 1 saturated heterocycles. The Morgan fingerprint density at radius 3 is 2.60 bits per heavy atom. The van der Waals surface area contributed by atoms with E-state index in [-0.39, 0.29) is 93.3 Å². The first-order valence-electron chi connectivity index (χ1n) is 21.5. The van der Waals surface area contributed by atoms with E-state index in [1.807, 2.05) is 11.9 Å². The number of carbonyl (C=O) groups is 1. The lowest BCUT2D eigenvalue weighted by molar-refractivity contribution is 0.102. The van der Waals surface area contributed by atoms with Crippen molar-refractivity contribution in [2.75, 3.05) is 73.0 Å². The second-order valence-corrected chi connectivity index (χ2v) is 20.2. The van der Waals surface area contributed by atoms with Crippen LogP contribution in [0, 0.1) is 24.4 Å². The molecule has 0 radical (unpaired) electrons. The number of benzene rings is 3. The minimum absolute atomic E-state index is 0.0145. The van der Waals surface area contributed by atoms with Gasteiger partial charge in [-0.1, -0.05) is 24.2 Å². The number of nitrogens with one attached hydrogen (secondary N) is 2. The van der Waals surface area contributed by atoms with Gasteiger partial charge in [0.15, 0.2) is 32.9 Å². The molecule has 0 bridgehead atoms. The fraction of sp³-hybridized carbons (Fsp3) is 0.311. The van der Waals surface area contributed by atoms with E-state index in [4.69, 9.17) is 32.0 Å². The second kappa shape index (κ2) is 19.0. The third-order valence-electron chi connectivity index (χ3n) is 11.9. The molecule has 4 aromatic heterocycles. The van der Waals surface area contributed by atoms with Gasteiger partial charge in [0.05, 0.1) is 57.1 Å². The van der Waals surface area contributed by atoms with Crippen LogP contribution in [0.1, 0.15) is 52.5 Å². The van der Waals surface area contributed by atoms with Crippen LogP contribution in [0.25, 0.3) is 27.9 Å². The van der Waals surface area contributed by atoms with Gasteiger partial charge < -0.3 is 35.5 Å². The van der Waals surface area contributed by atoms with Crippen LogP contribution < -0.4 is 25.6 Å². The quantitative estimate of drug-likeness (QED) is 0.0804. The van der Waals surface area contributed by atoms with E-state index in [1.165, 1.54) is 28.8 Å². The van der Waals surface area contributed by atoms with Crippen LogP contribution in [0.4, 0.5) is 36.6 Å². The number of aromatic amines is 1. The summed E-state index contributed by atoms with van der Waals surface area (Å²) in [7, 11) is -2.04. The second-order valence-electron chi connectivity index (χ2n) is 16.7. The zero-order valence-corrected chi connectivity index (χ0v) is 39.9. The normalized spacial score (nSPS) is 14.5. The minimum atomic E-state index is -4.06. The first kappa shape index (κ1) is 46.7. The fourth-order valence-corrected chi connectivity index (χ4v) is 9.57. The summed E-state index contributed by atoms with van der Waals surface area (Å²) < 4.78 is 81.5. The highest BCUT2D eigenvalue weighted by atomic mass is 79.9. The van der Waals surface area contributed by atoms with Crippen LogP contribution in [-0.2, 0) is 16.4 Å². The summed E-state index contributed by atoms with van der Waals surface area (Å²) in [6.07, 6.45) is 4.61. The Morgan fingerprint density at radius 2 is 1.85 bits per heavy atom. The average Bonchev–Trinajstić information content (AvgIpc) is 3.98. The van der Waals surface area contributed by atoms with Gasteiger partial charge in [0.2, 0.25) is 11.9 Å².